The summed E-state index contributed by atoms with van der Waals surface area (Å²) in [7, 11) is 0. The first-order chi connectivity index (χ1) is 11.8. The number of hydrogen-bond donors (Lipinski definition) is 1. The highest BCUT2D eigenvalue weighted by atomic mass is 16.5. The molecule has 5 nitrogen and oxygen atoms in total. The molecule has 0 aliphatic heterocycles. The van der Waals surface area contributed by atoms with E-state index in [2.05, 4.69) is 63.6 Å². The fourth-order valence-electron chi connectivity index (χ4n) is 3.40. The highest BCUT2D eigenvalue weighted by molar-refractivity contribution is 5.49. The highest BCUT2D eigenvalue weighted by Crippen LogP contribution is 2.29. The van der Waals surface area contributed by atoms with Crippen molar-refractivity contribution in [3.63, 3.8) is 0 Å². The molecule has 5 heteroatoms. The van der Waals surface area contributed by atoms with E-state index in [1.54, 1.807) is 0 Å². The normalized spacial score (nSPS) is 13.9. The van der Waals surface area contributed by atoms with Crippen LogP contribution in [-0.4, -0.2) is 16.2 Å². The van der Waals surface area contributed by atoms with Crippen LogP contribution in [0.25, 0.3) is 0 Å². The number of nitrogens with zero attached hydrogens (tertiary/aromatic N) is 3. The van der Waals surface area contributed by atoms with Crippen molar-refractivity contribution in [3.05, 3.63) is 77.4 Å². The van der Waals surface area contributed by atoms with Gasteiger partial charge in [-0.3, -0.25) is 0 Å². The molecule has 0 spiro atoms. The maximum atomic E-state index is 5.57. The number of fused-ring (bicyclic) bond motifs is 1. The average molecular weight is 320 g/mol. The van der Waals surface area contributed by atoms with Gasteiger partial charge in [0.05, 0.1) is 13.1 Å². The lowest BCUT2D eigenvalue weighted by atomic mass is 10.1. The van der Waals surface area contributed by atoms with Crippen molar-refractivity contribution in [1.82, 2.24) is 10.1 Å². The van der Waals surface area contributed by atoms with Crippen LogP contribution in [0.1, 0.15) is 22.8 Å². The molecule has 0 saturated carbocycles. The Hall–Kier alpha value is -2.66. The number of benzene rings is 2. The average Bonchev–Trinajstić information content (AvgIpc) is 3.26. The predicted octanol–water partition coefficient (Wildman–Crippen LogP) is 2.70. The summed E-state index contributed by atoms with van der Waals surface area (Å²) in [4.78, 5) is 6.74. The van der Waals surface area contributed by atoms with Gasteiger partial charge in [-0.05, 0) is 36.1 Å². The minimum atomic E-state index is 0.271. The third-order valence-electron chi connectivity index (χ3n) is 4.55. The van der Waals surface area contributed by atoms with E-state index in [0.717, 1.165) is 12.8 Å². The number of aromatic nitrogens is 2. The first-order valence-corrected chi connectivity index (χ1v) is 8.23. The van der Waals surface area contributed by atoms with Gasteiger partial charge in [0.25, 0.3) is 0 Å². The molecule has 1 aliphatic carbocycles. The second-order valence-corrected chi connectivity index (χ2v) is 6.10. The van der Waals surface area contributed by atoms with Crippen molar-refractivity contribution < 1.29 is 4.52 Å². The smallest absolute Gasteiger partial charge is 0.240 e. The number of anilines is 1. The van der Waals surface area contributed by atoms with Gasteiger partial charge in [-0.15, -0.1) is 0 Å². The minimum absolute atomic E-state index is 0.271. The van der Waals surface area contributed by atoms with Crippen molar-refractivity contribution in [2.24, 2.45) is 5.73 Å². The lowest BCUT2D eigenvalue weighted by Crippen LogP contribution is -2.35. The highest BCUT2D eigenvalue weighted by Gasteiger charge is 2.28. The minimum Gasteiger partial charge on any atom is -0.360 e. The Labute approximate surface area is 141 Å². The number of nitrogens with two attached hydrogens (primary N) is 1. The van der Waals surface area contributed by atoms with Gasteiger partial charge in [-0.25, -0.2) is 0 Å². The van der Waals surface area contributed by atoms with E-state index in [0.29, 0.717) is 24.3 Å². The Morgan fingerprint density at radius 1 is 1.00 bits per heavy atom. The van der Waals surface area contributed by atoms with Gasteiger partial charge >= 0.3 is 0 Å². The molecule has 2 N–H and O–H groups in total. The Balaban J connectivity index is 1.62. The molecular weight excluding hydrogens is 300 g/mol. The maximum Gasteiger partial charge on any atom is 0.240 e. The zero-order valence-corrected chi connectivity index (χ0v) is 13.4. The molecule has 0 bridgehead atoms. The zero-order chi connectivity index (χ0) is 16.4. The van der Waals surface area contributed by atoms with Crippen LogP contribution in [0.2, 0.25) is 0 Å². The van der Waals surface area contributed by atoms with E-state index in [-0.39, 0.29) is 6.54 Å². The summed E-state index contributed by atoms with van der Waals surface area (Å²) < 4.78 is 5.16. The first kappa shape index (κ1) is 14.9. The standard InChI is InChI=1S/C19H20N4O/c20-12-19-21-18(22-24-19)13-23(16-8-2-1-3-9-16)17-10-14-6-4-5-7-15(14)11-17/h1-9,17H,10-13,20H2. The molecule has 3 aromatic rings. The van der Waals surface area contributed by atoms with E-state index in [1.165, 1.54) is 16.8 Å². The van der Waals surface area contributed by atoms with Crippen molar-refractivity contribution in [2.45, 2.75) is 32.0 Å². The first-order valence-electron chi connectivity index (χ1n) is 8.23. The van der Waals surface area contributed by atoms with E-state index >= 15 is 0 Å². The maximum absolute atomic E-state index is 5.57. The Kier molecular flexibility index (Phi) is 4.01. The summed E-state index contributed by atoms with van der Waals surface area (Å²) in [5.74, 6) is 1.16. The second kappa shape index (κ2) is 6.45. The molecule has 1 aromatic heterocycles. The summed E-state index contributed by atoms with van der Waals surface area (Å²) in [6.45, 7) is 0.888. The van der Waals surface area contributed by atoms with E-state index in [9.17, 15) is 0 Å². The van der Waals surface area contributed by atoms with E-state index < -0.39 is 0 Å². The SMILES string of the molecule is NCc1nc(CN(c2ccccc2)C2Cc3ccccc3C2)no1. The molecule has 0 saturated heterocycles. The largest absolute Gasteiger partial charge is 0.360 e. The van der Waals surface area contributed by atoms with Crippen LogP contribution in [-0.2, 0) is 25.9 Å². The summed E-state index contributed by atoms with van der Waals surface area (Å²) in [6.07, 6.45) is 2.07. The van der Waals surface area contributed by atoms with Crippen LogP contribution in [0.4, 0.5) is 5.69 Å². The summed E-state index contributed by atoms with van der Waals surface area (Å²) in [6, 6.07) is 19.5. The molecule has 0 unspecified atom stereocenters. The molecule has 0 amide bonds. The van der Waals surface area contributed by atoms with Crippen LogP contribution in [0.5, 0.6) is 0 Å². The molecule has 24 heavy (non-hydrogen) atoms. The van der Waals surface area contributed by atoms with Gasteiger partial charge in [0.15, 0.2) is 5.82 Å². The van der Waals surface area contributed by atoms with Gasteiger partial charge in [-0.1, -0.05) is 47.6 Å². The van der Waals surface area contributed by atoms with E-state index in [1.807, 2.05) is 6.07 Å². The molecule has 0 atom stereocenters. The lowest BCUT2D eigenvalue weighted by Gasteiger charge is -2.30. The van der Waals surface area contributed by atoms with Gasteiger partial charge in [0, 0.05) is 11.7 Å². The Morgan fingerprint density at radius 2 is 1.67 bits per heavy atom. The van der Waals surface area contributed by atoms with Crippen molar-refractivity contribution >= 4 is 5.69 Å². The molecule has 0 fully saturated rings. The van der Waals surface area contributed by atoms with Gasteiger partial charge in [0.1, 0.15) is 0 Å². The number of para-hydroxylation sites is 1. The second-order valence-electron chi connectivity index (χ2n) is 6.10. The van der Waals surface area contributed by atoms with Crippen molar-refractivity contribution in [1.29, 1.82) is 0 Å². The number of hydrogen-bond acceptors (Lipinski definition) is 5. The van der Waals surface area contributed by atoms with Gasteiger partial charge in [0.2, 0.25) is 5.89 Å². The van der Waals surface area contributed by atoms with Crippen molar-refractivity contribution in [3.8, 4) is 0 Å². The quantitative estimate of drug-likeness (QED) is 0.783. The summed E-state index contributed by atoms with van der Waals surface area (Å²) >= 11 is 0. The fraction of sp³-hybridized carbons (Fsp3) is 0.263. The molecule has 1 heterocycles. The topological polar surface area (TPSA) is 68.2 Å². The molecular formula is C19H20N4O. The molecule has 4 rings (SSSR count). The number of rotatable bonds is 5. The Morgan fingerprint density at radius 3 is 2.29 bits per heavy atom. The van der Waals surface area contributed by atoms with Gasteiger partial charge in [-0.2, -0.15) is 4.98 Å². The van der Waals surface area contributed by atoms with Crippen LogP contribution in [0.15, 0.2) is 59.1 Å². The van der Waals surface area contributed by atoms with Crippen LogP contribution in [0.3, 0.4) is 0 Å². The fourth-order valence-corrected chi connectivity index (χ4v) is 3.40. The molecule has 1 aliphatic rings. The molecule has 0 radical (unpaired) electrons. The van der Waals surface area contributed by atoms with E-state index in [4.69, 9.17) is 10.3 Å². The van der Waals surface area contributed by atoms with Crippen LogP contribution >= 0.6 is 0 Å². The third-order valence-corrected chi connectivity index (χ3v) is 4.55. The predicted molar refractivity (Wildman–Crippen MR) is 92.5 cm³/mol. The summed E-state index contributed by atoms with van der Waals surface area (Å²) in [5, 5.41) is 4.07. The Bertz CT molecular complexity index is 790. The molecule has 122 valence electrons. The monoisotopic (exact) mass is 320 g/mol. The summed E-state index contributed by atoms with van der Waals surface area (Å²) in [5.41, 5.74) is 9.61. The van der Waals surface area contributed by atoms with Gasteiger partial charge < -0.3 is 15.2 Å². The van der Waals surface area contributed by atoms with Crippen molar-refractivity contribution in [2.75, 3.05) is 4.90 Å². The third kappa shape index (κ3) is 2.90. The molecule has 2 aromatic carbocycles. The lowest BCUT2D eigenvalue weighted by molar-refractivity contribution is 0.373. The zero-order valence-electron chi connectivity index (χ0n) is 13.4. The van der Waals surface area contributed by atoms with Crippen LogP contribution < -0.4 is 10.6 Å². The van der Waals surface area contributed by atoms with Crippen LogP contribution in [0, 0.1) is 0 Å².